The predicted molar refractivity (Wildman–Crippen MR) is 207 cm³/mol. The number of methoxy groups -OCH3 is 1. The number of benzene rings is 1. The number of Topliss-reactive ketones (excluding diaryl/α,β-unsaturated/α-hetero) is 1. The van der Waals surface area contributed by atoms with Crippen LogP contribution in [0.1, 0.15) is 45.0 Å². The van der Waals surface area contributed by atoms with E-state index in [0.29, 0.717) is 29.1 Å². The minimum Gasteiger partial charge on any atom is -0.750 e. The monoisotopic (exact) mass is 881 g/mol. The molecule has 0 spiro atoms. The molecule has 0 saturated carbocycles. The molecule has 320 valence electrons. The highest BCUT2D eigenvalue weighted by atomic mass is 32.2. The number of nitrogens with one attached hydrogen (secondary N) is 2. The quantitative estimate of drug-likeness (QED) is 0.0221. The van der Waals surface area contributed by atoms with Crippen LogP contribution in [0.4, 0.5) is 21.4 Å². The van der Waals surface area contributed by atoms with Gasteiger partial charge in [-0.2, -0.15) is 9.36 Å². The van der Waals surface area contributed by atoms with Gasteiger partial charge in [-0.1, -0.05) is 24.2 Å². The summed E-state index contributed by atoms with van der Waals surface area (Å²) in [4.78, 5) is 76.0. The number of rotatable bonds is 17. The van der Waals surface area contributed by atoms with Gasteiger partial charge in [-0.05, 0) is 38.0 Å². The topological polar surface area (TPSA) is 332 Å². The third-order valence-electron chi connectivity index (χ3n) is 8.56. The largest absolute Gasteiger partial charge is 0.750 e. The van der Waals surface area contributed by atoms with Crippen LogP contribution in [0.25, 0.3) is 0 Å². The molecule has 2 aromatic heterocycles. The van der Waals surface area contributed by atoms with Crippen LogP contribution in [0.5, 0.6) is 5.75 Å². The number of nitrogen functional groups attached to an aromatic ring is 2. The highest BCUT2D eigenvalue weighted by molar-refractivity contribution is 8.00. The molecule has 3 atom stereocenters. The maximum absolute atomic E-state index is 13.9. The number of fused-ring (bicyclic) bond motifs is 1. The van der Waals surface area contributed by atoms with Gasteiger partial charge in [-0.25, -0.2) is 18.6 Å². The van der Waals surface area contributed by atoms with Gasteiger partial charge in [-0.3, -0.25) is 19.8 Å². The van der Waals surface area contributed by atoms with Crippen LogP contribution in [0, 0.1) is 5.92 Å². The maximum atomic E-state index is 13.9. The summed E-state index contributed by atoms with van der Waals surface area (Å²) in [5.41, 5.74) is 11.4. The number of carbonyl (C=O) groups excluding carboxylic acids is 4. The first-order valence-electron chi connectivity index (χ1n) is 17.3. The molecule has 4 heterocycles. The number of carboxylic acids is 1. The Morgan fingerprint density at radius 3 is 2.46 bits per heavy atom. The Labute approximate surface area is 347 Å². The molecule has 3 amide bonds. The van der Waals surface area contributed by atoms with Crippen LogP contribution in [0.15, 0.2) is 46.9 Å². The summed E-state index contributed by atoms with van der Waals surface area (Å²) < 4.78 is 38.3. The highest BCUT2D eigenvalue weighted by Gasteiger charge is 2.55. The fourth-order valence-corrected chi connectivity index (χ4v) is 7.21. The summed E-state index contributed by atoms with van der Waals surface area (Å²) in [7, 11) is 3.23. The molecule has 0 aliphatic carbocycles. The minimum absolute atomic E-state index is 0.0257. The molecule has 59 heavy (non-hydrogen) atoms. The lowest BCUT2D eigenvalue weighted by molar-refractivity contribution is -0.765. The molecule has 3 aromatic rings. The molecule has 1 saturated heterocycles. The number of ketones is 1. The van der Waals surface area contributed by atoms with Gasteiger partial charge >= 0.3 is 18.0 Å². The first-order chi connectivity index (χ1) is 27.9. The highest BCUT2D eigenvalue weighted by Crippen LogP contribution is 2.46. The summed E-state index contributed by atoms with van der Waals surface area (Å²) in [5.74, 6) is -3.20. The molecule has 2 aliphatic heterocycles. The number of nitrogens with two attached hydrogens (primary N) is 2. The number of hydrogen-bond acceptors (Lipinski definition) is 19. The van der Waals surface area contributed by atoms with Gasteiger partial charge in [0.15, 0.2) is 34.7 Å². The first-order valence-corrected chi connectivity index (χ1v) is 20.1. The number of anilines is 3. The molecular formula is C33H41N10O13S3-. The lowest BCUT2D eigenvalue weighted by atomic mass is 9.89. The minimum atomic E-state index is -2.88. The fraction of sp³-hybridized carbons (Fsp3) is 0.424. The molecule has 0 bridgehead atoms. The van der Waals surface area contributed by atoms with E-state index < -0.39 is 63.6 Å². The second-order valence-corrected chi connectivity index (χ2v) is 15.5. The second kappa shape index (κ2) is 20.3. The average molecular weight is 882 g/mol. The second-order valence-electron chi connectivity index (χ2n) is 13.0. The summed E-state index contributed by atoms with van der Waals surface area (Å²) in [6, 6.07) is 6.53. The predicted octanol–water partition coefficient (Wildman–Crippen LogP) is -0.287. The maximum Gasteiger partial charge on any atom is 0.355 e. The van der Waals surface area contributed by atoms with Gasteiger partial charge in [0.2, 0.25) is 23.5 Å². The van der Waals surface area contributed by atoms with Crippen molar-refractivity contribution in [2.75, 3.05) is 36.2 Å². The molecule has 1 aromatic carbocycles. The van der Waals surface area contributed by atoms with Crippen LogP contribution in [-0.4, -0.2) is 98.6 Å². The van der Waals surface area contributed by atoms with Crippen molar-refractivity contribution in [1.82, 2.24) is 24.3 Å². The fourth-order valence-electron chi connectivity index (χ4n) is 5.37. The SMILES string of the molecule is CCCNC(=O)Nc1c[n+](CC2=C(C(=O)OCc3ccc(OC)cc3)N3C(=O)[C@@H](CC(=O)/C(=N\OC(C)(C)C(=O)O)c4nsc(N)n4)[C@H]3SC2)n(C)c1N.O=S([O-])O[O-]. The zero-order valence-electron chi connectivity index (χ0n) is 32.2. The van der Waals surface area contributed by atoms with Gasteiger partial charge in [0.05, 0.1) is 36.8 Å². The number of esters is 1. The van der Waals surface area contributed by atoms with Crippen molar-refractivity contribution < 1.29 is 66.4 Å². The molecule has 7 N–H and O–H groups in total. The van der Waals surface area contributed by atoms with Crippen molar-refractivity contribution in [2.45, 2.75) is 57.7 Å². The third kappa shape index (κ3) is 11.5. The standard InChI is InChI=1S/C33H40N10O9S2.H2O4S/c1-6-11-36-32(49)37-21-14-42(41(4)25(21)34)13-18-16-53-28-20(12-22(44)23(26-38-31(35)54-40-26)39-52-33(2,3)30(47)48)27(45)43(28)24(18)29(46)51-15-17-7-9-19(50-5)10-8-17;1-4-5(2)3/h7-10,14,20,28,34H,6,11-13,15-16H2,1-5H3,(H5,35,36,37,38,40,47,48,49);1H,(H,2,3)/p-1/b39-23+;/t20-,28-;/m1./s1. The molecule has 0 radical (unpaired) electrons. The van der Waals surface area contributed by atoms with Crippen molar-refractivity contribution >= 4 is 86.7 Å². The lowest BCUT2D eigenvalue weighted by Gasteiger charge is -2.49. The molecule has 26 heteroatoms. The molecule has 1 fully saturated rings. The van der Waals surface area contributed by atoms with Crippen molar-refractivity contribution in [2.24, 2.45) is 18.1 Å². The molecule has 2 aliphatic rings. The third-order valence-corrected chi connectivity index (χ3v) is 10.6. The molecular weight excluding hydrogens is 841 g/mol. The van der Waals surface area contributed by atoms with Gasteiger partial charge in [-0.15, -0.1) is 21.1 Å². The van der Waals surface area contributed by atoms with Gasteiger partial charge in [0, 0.05) is 35.8 Å². The number of ether oxygens (including phenoxy) is 2. The summed E-state index contributed by atoms with van der Waals surface area (Å²) in [5, 5.41) is 26.6. The number of nitrogens with zero attached hydrogens (tertiary/aromatic N) is 6. The zero-order chi connectivity index (χ0) is 43.6. The van der Waals surface area contributed by atoms with Crippen LogP contribution >= 0.6 is 23.3 Å². The van der Waals surface area contributed by atoms with Crippen LogP contribution in [-0.2, 0) is 64.6 Å². The van der Waals surface area contributed by atoms with E-state index >= 15 is 0 Å². The number of carboxylic acid groups (broad SMARTS) is 1. The molecule has 5 rings (SSSR count). The summed E-state index contributed by atoms with van der Waals surface area (Å²) in [6.45, 7) is 4.91. The van der Waals surface area contributed by atoms with Crippen molar-refractivity contribution in [3.05, 3.63) is 53.1 Å². The number of β-lactam (4-membered cyclic amide) rings is 1. The van der Waals surface area contributed by atoms with Gasteiger partial charge in [0.25, 0.3) is 0 Å². The van der Waals surface area contributed by atoms with Crippen molar-refractivity contribution in [1.29, 1.82) is 0 Å². The smallest absolute Gasteiger partial charge is 0.355 e. The number of oxime groups is 1. The number of thioether (sulfide) groups is 1. The average Bonchev–Trinajstić information content (AvgIpc) is 3.75. The number of amides is 3. The molecule has 1 unspecified atom stereocenters. The normalized spacial score (nSPS) is 16.8. The zero-order valence-corrected chi connectivity index (χ0v) is 34.6. The lowest BCUT2D eigenvalue weighted by Crippen LogP contribution is -2.62. The Balaban J connectivity index is 0.00000145. The van der Waals surface area contributed by atoms with E-state index in [-0.39, 0.29) is 47.8 Å². The van der Waals surface area contributed by atoms with Crippen molar-refractivity contribution in [3.8, 4) is 5.75 Å². The van der Waals surface area contributed by atoms with E-state index in [0.717, 1.165) is 18.0 Å². The Kier molecular flexibility index (Phi) is 15.9. The van der Waals surface area contributed by atoms with Crippen LogP contribution < -0.4 is 36.8 Å². The van der Waals surface area contributed by atoms with Gasteiger partial charge < -0.3 is 50.3 Å². The van der Waals surface area contributed by atoms with E-state index in [1.807, 2.05) is 6.92 Å². The van der Waals surface area contributed by atoms with Crippen LogP contribution in [0.3, 0.4) is 0 Å². The Morgan fingerprint density at radius 2 is 1.88 bits per heavy atom. The van der Waals surface area contributed by atoms with E-state index in [4.69, 9.17) is 39.8 Å². The van der Waals surface area contributed by atoms with E-state index in [1.165, 1.54) is 37.6 Å². The molecule has 23 nitrogen and oxygen atoms in total. The van der Waals surface area contributed by atoms with E-state index in [2.05, 4.69) is 29.5 Å². The number of aromatic nitrogens is 4. The van der Waals surface area contributed by atoms with E-state index in [9.17, 15) is 29.1 Å². The number of urea groups is 1. The van der Waals surface area contributed by atoms with Crippen LogP contribution in [0.2, 0.25) is 0 Å². The first kappa shape index (κ1) is 46.0. The number of aliphatic carboxylic acids is 1. The Hall–Kier alpha value is -5.67. The van der Waals surface area contributed by atoms with Gasteiger partial charge in [0.1, 0.15) is 18.1 Å². The Morgan fingerprint density at radius 1 is 1.20 bits per heavy atom. The van der Waals surface area contributed by atoms with Crippen molar-refractivity contribution in [3.63, 3.8) is 0 Å². The number of carbonyl (C=O) groups is 5. The summed E-state index contributed by atoms with van der Waals surface area (Å²) in [6.07, 6.45) is 2.00. The number of hydrogen-bond donors (Lipinski definition) is 5. The summed E-state index contributed by atoms with van der Waals surface area (Å²) >= 11 is -0.734. The Bertz CT molecular complexity index is 2140. The van der Waals surface area contributed by atoms with E-state index in [1.54, 1.807) is 46.9 Å².